The first-order chi connectivity index (χ1) is 12.1. The largest absolute Gasteiger partial charge is 0.497 e. The summed E-state index contributed by atoms with van der Waals surface area (Å²) in [6.07, 6.45) is 1.08. The van der Waals surface area contributed by atoms with E-state index in [1.165, 1.54) is 5.56 Å². The number of nitriles is 1. The molecule has 1 heterocycles. The van der Waals surface area contributed by atoms with Crippen LogP contribution in [-0.2, 0) is 6.54 Å². The Kier molecular flexibility index (Phi) is 5.47. The zero-order valence-electron chi connectivity index (χ0n) is 14.5. The predicted octanol–water partition coefficient (Wildman–Crippen LogP) is 3.98. The van der Waals surface area contributed by atoms with Crippen LogP contribution in [0.1, 0.15) is 24.5 Å². The van der Waals surface area contributed by atoms with Crippen molar-refractivity contribution in [2.24, 2.45) is 0 Å². The number of hydrogen-bond donors (Lipinski definition) is 1. The number of ether oxygens (including phenoxy) is 1. The van der Waals surface area contributed by atoms with E-state index in [1.807, 2.05) is 24.3 Å². The van der Waals surface area contributed by atoms with E-state index in [9.17, 15) is 0 Å². The highest BCUT2D eigenvalue weighted by Gasteiger charge is 2.30. The topological polar surface area (TPSA) is 48.3 Å². The van der Waals surface area contributed by atoms with Gasteiger partial charge in [-0.25, -0.2) is 0 Å². The molecule has 4 nitrogen and oxygen atoms in total. The summed E-state index contributed by atoms with van der Waals surface area (Å²) in [5, 5.41) is 13.2. The molecule has 0 spiro atoms. The summed E-state index contributed by atoms with van der Waals surface area (Å²) in [7, 11) is 1.68. The minimum absolute atomic E-state index is 0.363. The first-order valence-electron chi connectivity index (χ1n) is 8.45. The maximum atomic E-state index is 9.01. The molecule has 0 radical (unpaired) electrons. The van der Waals surface area contributed by atoms with Crippen LogP contribution in [0.5, 0.6) is 5.75 Å². The van der Waals surface area contributed by atoms with E-state index >= 15 is 0 Å². The number of methoxy groups -OCH3 is 1. The van der Waals surface area contributed by atoms with E-state index in [2.05, 4.69) is 35.3 Å². The third kappa shape index (κ3) is 3.89. The van der Waals surface area contributed by atoms with Crippen molar-refractivity contribution < 1.29 is 4.74 Å². The fourth-order valence-electron chi connectivity index (χ4n) is 3.34. The molecule has 1 unspecified atom stereocenters. The fraction of sp³-hybridized carbons (Fsp3) is 0.350. The van der Waals surface area contributed by atoms with Gasteiger partial charge in [-0.2, -0.15) is 5.26 Å². The third-order valence-electron chi connectivity index (χ3n) is 4.89. The maximum absolute atomic E-state index is 9.01. The monoisotopic (exact) mass is 355 g/mol. The molecule has 3 rings (SSSR count). The lowest BCUT2D eigenvalue weighted by atomic mass is 10.1. The van der Waals surface area contributed by atoms with Gasteiger partial charge in [0.2, 0.25) is 0 Å². The number of anilines is 1. The summed E-state index contributed by atoms with van der Waals surface area (Å²) >= 11 is 6.18. The fourth-order valence-corrected chi connectivity index (χ4v) is 3.56. The molecule has 1 N–H and O–H groups in total. The van der Waals surface area contributed by atoms with Gasteiger partial charge in [0.05, 0.1) is 17.7 Å². The van der Waals surface area contributed by atoms with Crippen LogP contribution in [0.15, 0.2) is 42.5 Å². The number of rotatable bonds is 5. The third-order valence-corrected chi connectivity index (χ3v) is 5.20. The summed E-state index contributed by atoms with van der Waals surface area (Å²) in [6, 6.07) is 16.7. The highest BCUT2D eigenvalue weighted by molar-refractivity contribution is 6.32. The second kappa shape index (κ2) is 7.77. The van der Waals surface area contributed by atoms with Crippen LogP contribution < -0.4 is 15.0 Å². The van der Waals surface area contributed by atoms with Crippen molar-refractivity contribution in [2.45, 2.75) is 32.0 Å². The minimum atomic E-state index is 0.363. The van der Waals surface area contributed by atoms with Gasteiger partial charge in [0.1, 0.15) is 11.8 Å². The molecule has 0 saturated carbocycles. The SMILES string of the molecule is COc1ccc(CNC2CCN(c3ccc(C#N)c(Cl)c3)[C@H]2C)cc1. The van der Waals surface area contributed by atoms with E-state index in [-0.39, 0.29) is 0 Å². The Labute approximate surface area is 154 Å². The molecule has 0 amide bonds. The molecule has 0 aromatic heterocycles. The van der Waals surface area contributed by atoms with Crippen LogP contribution in [0.25, 0.3) is 0 Å². The molecule has 1 fully saturated rings. The molecule has 0 aliphatic carbocycles. The summed E-state index contributed by atoms with van der Waals surface area (Å²) in [5.74, 6) is 0.877. The van der Waals surface area contributed by atoms with E-state index < -0.39 is 0 Å². The highest BCUT2D eigenvalue weighted by Crippen LogP contribution is 2.29. The normalized spacial score (nSPS) is 19.7. The second-order valence-corrected chi connectivity index (χ2v) is 6.74. The Bertz CT molecular complexity index is 770. The van der Waals surface area contributed by atoms with Crippen LogP contribution >= 0.6 is 11.6 Å². The Balaban J connectivity index is 1.62. The number of halogens is 1. The first kappa shape index (κ1) is 17.6. The van der Waals surface area contributed by atoms with Crippen molar-refractivity contribution >= 4 is 17.3 Å². The van der Waals surface area contributed by atoms with Crippen molar-refractivity contribution in [1.29, 1.82) is 5.26 Å². The van der Waals surface area contributed by atoms with Crippen LogP contribution in [0.2, 0.25) is 5.02 Å². The lowest BCUT2D eigenvalue weighted by molar-refractivity contribution is 0.414. The van der Waals surface area contributed by atoms with Crippen molar-refractivity contribution in [3.63, 3.8) is 0 Å². The molecule has 2 aromatic carbocycles. The smallest absolute Gasteiger partial charge is 0.118 e. The molecule has 1 aliphatic heterocycles. The quantitative estimate of drug-likeness (QED) is 0.881. The van der Waals surface area contributed by atoms with Gasteiger partial charge in [-0.15, -0.1) is 0 Å². The van der Waals surface area contributed by atoms with Crippen LogP contribution in [-0.4, -0.2) is 25.7 Å². The number of hydrogen-bond acceptors (Lipinski definition) is 4. The summed E-state index contributed by atoms with van der Waals surface area (Å²) in [4.78, 5) is 2.35. The van der Waals surface area contributed by atoms with E-state index in [0.29, 0.717) is 22.7 Å². The summed E-state index contributed by atoms with van der Waals surface area (Å²) in [5.41, 5.74) is 2.84. The van der Waals surface area contributed by atoms with Gasteiger partial charge in [-0.1, -0.05) is 23.7 Å². The van der Waals surface area contributed by atoms with Gasteiger partial charge in [-0.3, -0.25) is 0 Å². The molecule has 0 bridgehead atoms. The number of nitrogens with one attached hydrogen (secondary N) is 1. The average Bonchev–Trinajstić information content (AvgIpc) is 3.01. The molecule has 130 valence electrons. The molecule has 1 saturated heterocycles. The van der Waals surface area contributed by atoms with Crippen LogP contribution in [0.4, 0.5) is 5.69 Å². The second-order valence-electron chi connectivity index (χ2n) is 6.33. The van der Waals surface area contributed by atoms with Crippen molar-refractivity contribution in [1.82, 2.24) is 5.32 Å². The molecule has 1 aliphatic rings. The number of benzene rings is 2. The molecule has 5 heteroatoms. The first-order valence-corrected chi connectivity index (χ1v) is 8.83. The zero-order chi connectivity index (χ0) is 17.8. The van der Waals surface area contributed by atoms with E-state index in [0.717, 1.165) is 30.9 Å². The molecule has 25 heavy (non-hydrogen) atoms. The predicted molar refractivity (Wildman–Crippen MR) is 101 cm³/mol. The standard InChI is InChI=1S/C20H22ClN3O/c1-14-20(23-13-15-3-7-18(25-2)8-4-15)9-10-24(14)17-6-5-16(12-22)19(21)11-17/h3-8,11,14,20,23H,9-10,13H2,1-2H3/t14-,20?/m0/s1. The number of nitrogens with zero attached hydrogens (tertiary/aromatic N) is 2. The van der Waals surface area contributed by atoms with E-state index in [4.69, 9.17) is 21.6 Å². The molecule has 2 aromatic rings. The lowest BCUT2D eigenvalue weighted by Gasteiger charge is -2.27. The zero-order valence-corrected chi connectivity index (χ0v) is 15.3. The Morgan fingerprint density at radius 2 is 2.04 bits per heavy atom. The Morgan fingerprint density at radius 1 is 1.28 bits per heavy atom. The van der Waals surface area contributed by atoms with E-state index in [1.54, 1.807) is 13.2 Å². The minimum Gasteiger partial charge on any atom is -0.497 e. The summed E-state index contributed by atoms with van der Waals surface area (Å²) in [6.45, 7) is 4.04. The van der Waals surface area contributed by atoms with Gasteiger partial charge >= 0.3 is 0 Å². The molecular formula is C20H22ClN3O. The average molecular weight is 356 g/mol. The van der Waals surface area contributed by atoms with Crippen molar-refractivity contribution in [2.75, 3.05) is 18.6 Å². The maximum Gasteiger partial charge on any atom is 0.118 e. The van der Waals surface area contributed by atoms with Gasteiger partial charge in [-0.05, 0) is 49.2 Å². The Morgan fingerprint density at radius 3 is 2.68 bits per heavy atom. The Hall–Kier alpha value is -2.22. The van der Waals surface area contributed by atoms with Crippen molar-refractivity contribution in [3.05, 3.63) is 58.6 Å². The van der Waals surface area contributed by atoms with Gasteiger partial charge in [0, 0.05) is 30.9 Å². The lowest BCUT2D eigenvalue weighted by Crippen LogP contribution is -2.40. The van der Waals surface area contributed by atoms with Gasteiger partial charge in [0.25, 0.3) is 0 Å². The van der Waals surface area contributed by atoms with Gasteiger partial charge in [0.15, 0.2) is 0 Å². The molecule has 2 atom stereocenters. The van der Waals surface area contributed by atoms with Crippen LogP contribution in [0, 0.1) is 11.3 Å². The van der Waals surface area contributed by atoms with Crippen molar-refractivity contribution in [3.8, 4) is 11.8 Å². The summed E-state index contributed by atoms with van der Waals surface area (Å²) < 4.78 is 5.20. The van der Waals surface area contributed by atoms with Crippen LogP contribution in [0.3, 0.4) is 0 Å². The molecular weight excluding hydrogens is 334 g/mol. The van der Waals surface area contributed by atoms with Gasteiger partial charge < -0.3 is 15.0 Å². The highest BCUT2D eigenvalue weighted by atomic mass is 35.5.